The lowest BCUT2D eigenvalue weighted by atomic mass is 10.1. The fourth-order valence-corrected chi connectivity index (χ4v) is 0.549. The molecule has 0 saturated heterocycles. The molecule has 0 radical (unpaired) electrons. The zero-order valence-corrected chi connectivity index (χ0v) is 8.09. The fraction of sp³-hybridized carbons (Fsp3) is 0.778. The van der Waals surface area contributed by atoms with E-state index in [0.717, 1.165) is 0 Å². The van der Waals surface area contributed by atoms with Crippen molar-refractivity contribution >= 4 is 11.8 Å². The van der Waals surface area contributed by atoms with Crippen molar-refractivity contribution in [2.24, 2.45) is 11.8 Å². The Labute approximate surface area is 73.1 Å². The molecule has 0 fully saturated rings. The summed E-state index contributed by atoms with van der Waals surface area (Å²) in [6.07, 6.45) is 0. The Morgan fingerprint density at radius 2 is 1.67 bits per heavy atom. The number of carbonyl (C=O) groups is 2. The fourth-order valence-electron chi connectivity index (χ4n) is 0.549. The smallest absolute Gasteiger partial charge is 0.374 e. The SMILES string of the molecule is CC(C)COC(=O)C(=O)C(C)C. The predicted molar refractivity (Wildman–Crippen MR) is 45.6 cm³/mol. The van der Waals surface area contributed by atoms with E-state index in [-0.39, 0.29) is 11.8 Å². The van der Waals surface area contributed by atoms with Gasteiger partial charge in [-0.05, 0) is 5.92 Å². The van der Waals surface area contributed by atoms with E-state index in [4.69, 9.17) is 4.74 Å². The summed E-state index contributed by atoms with van der Waals surface area (Å²) in [4.78, 5) is 21.9. The molecule has 0 N–H and O–H groups in total. The van der Waals surface area contributed by atoms with E-state index in [9.17, 15) is 9.59 Å². The normalized spacial score (nSPS) is 10.5. The second-order valence-corrected chi connectivity index (χ2v) is 3.51. The van der Waals surface area contributed by atoms with Gasteiger partial charge < -0.3 is 4.74 Å². The van der Waals surface area contributed by atoms with Crippen molar-refractivity contribution in [1.29, 1.82) is 0 Å². The Hall–Kier alpha value is -0.860. The minimum Gasteiger partial charge on any atom is -0.460 e. The van der Waals surface area contributed by atoms with Crippen molar-refractivity contribution in [2.45, 2.75) is 27.7 Å². The van der Waals surface area contributed by atoms with Crippen LogP contribution in [-0.4, -0.2) is 18.4 Å². The summed E-state index contributed by atoms with van der Waals surface area (Å²) in [5, 5.41) is 0. The molecule has 0 aliphatic heterocycles. The lowest BCUT2D eigenvalue weighted by molar-refractivity contribution is -0.156. The summed E-state index contributed by atoms with van der Waals surface area (Å²) in [5.41, 5.74) is 0. The monoisotopic (exact) mass is 172 g/mol. The highest BCUT2D eigenvalue weighted by Crippen LogP contribution is 1.99. The van der Waals surface area contributed by atoms with Gasteiger partial charge in [0, 0.05) is 5.92 Å². The molecule has 0 amide bonds. The van der Waals surface area contributed by atoms with Crippen molar-refractivity contribution in [3.8, 4) is 0 Å². The molecule has 0 saturated carbocycles. The molecule has 3 nitrogen and oxygen atoms in total. The van der Waals surface area contributed by atoms with Gasteiger partial charge in [-0.25, -0.2) is 4.79 Å². The average Bonchev–Trinajstić information content (AvgIpc) is 1.98. The molecule has 0 aliphatic carbocycles. The maximum absolute atomic E-state index is 11.0. The lowest BCUT2D eigenvalue weighted by Crippen LogP contribution is -2.23. The second-order valence-electron chi connectivity index (χ2n) is 3.51. The van der Waals surface area contributed by atoms with Crippen LogP contribution in [0.4, 0.5) is 0 Å². The first-order chi connectivity index (χ1) is 5.45. The Morgan fingerprint density at radius 1 is 1.17 bits per heavy atom. The number of ether oxygens (including phenoxy) is 1. The van der Waals surface area contributed by atoms with Crippen LogP contribution in [0.1, 0.15) is 27.7 Å². The largest absolute Gasteiger partial charge is 0.460 e. The first-order valence-corrected chi connectivity index (χ1v) is 4.16. The first-order valence-electron chi connectivity index (χ1n) is 4.16. The van der Waals surface area contributed by atoms with Crippen LogP contribution in [0.15, 0.2) is 0 Å². The van der Waals surface area contributed by atoms with Gasteiger partial charge in [0.15, 0.2) is 0 Å². The Bertz CT molecular complexity index is 171. The summed E-state index contributed by atoms with van der Waals surface area (Å²) in [6, 6.07) is 0. The van der Waals surface area contributed by atoms with Gasteiger partial charge in [-0.3, -0.25) is 4.79 Å². The molecule has 0 rings (SSSR count). The van der Waals surface area contributed by atoms with Crippen LogP contribution >= 0.6 is 0 Å². The van der Waals surface area contributed by atoms with Gasteiger partial charge in [0.1, 0.15) is 0 Å². The van der Waals surface area contributed by atoms with E-state index in [1.165, 1.54) is 0 Å². The van der Waals surface area contributed by atoms with Gasteiger partial charge in [0.2, 0.25) is 5.78 Å². The van der Waals surface area contributed by atoms with E-state index < -0.39 is 11.8 Å². The highest BCUT2D eigenvalue weighted by atomic mass is 16.5. The van der Waals surface area contributed by atoms with Crippen molar-refractivity contribution in [3.05, 3.63) is 0 Å². The topological polar surface area (TPSA) is 43.4 Å². The number of Topliss-reactive ketones (excluding diaryl/α,β-unsaturated/α-hetero) is 1. The number of hydrogen-bond acceptors (Lipinski definition) is 3. The van der Waals surface area contributed by atoms with Gasteiger partial charge in [0.25, 0.3) is 0 Å². The molecule has 0 bridgehead atoms. The van der Waals surface area contributed by atoms with Crippen LogP contribution < -0.4 is 0 Å². The van der Waals surface area contributed by atoms with E-state index in [1.807, 2.05) is 13.8 Å². The molecule has 0 aromatic heterocycles. The number of esters is 1. The van der Waals surface area contributed by atoms with Crippen LogP contribution in [-0.2, 0) is 14.3 Å². The van der Waals surface area contributed by atoms with Crippen LogP contribution in [0.5, 0.6) is 0 Å². The molecule has 0 aliphatic rings. The van der Waals surface area contributed by atoms with Crippen LogP contribution in [0, 0.1) is 11.8 Å². The molecule has 3 heteroatoms. The molecule has 0 spiro atoms. The van der Waals surface area contributed by atoms with Crippen molar-refractivity contribution in [2.75, 3.05) is 6.61 Å². The zero-order valence-electron chi connectivity index (χ0n) is 8.09. The summed E-state index contributed by atoms with van der Waals surface area (Å²) in [5.74, 6) is -1.16. The second kappa shape index (κ2) is 4.91. The Morgan fingerprint density at radius 3 is 2.00 bits per heavy atom. The van der Waals surface area contributed by atoms with Gasteiger partial charge in [-0.1, -0.05) is 27.7 Å². The Balaban J connectivity index is 3.81. The summed E-state index contributed by atoms with van der Waals surface area (Å²) < 4.78 is 4.74. The van der Waals surface area contributed by atoms with Crippen molar-refractivity contribution in [3.63, 3.8) is 0 Å². The molecular formula is C9H16O3. The van der Waals surface area contributed by atoms with Crippen LogP contribution in [0.2, 0.25) is 0 Å². The van der Waals surface area contributed by atoms with Crippen LogP contribution in [0.3, 0.4) is 0 Å². The third-order valence-electron chi connectivity index (χ3n) is 1.27. The number of carbonyl (C=O) groups excluding carboxylic acids is 2. The van der Waals surface area contributed by atoms with E-state index in [2.05, 4.69) is 0 Å². The molecule has 12 heavy (non-hydrogen) atoms. The van der Waals surface area contributed by atoms with Gasteiger partial charge in [-0.2, -0.15) is 0 Å². The van der Waals surface area contributed by atoms with E-state index in [0.29, 0.717) is 6.61 Å². The quantitative estimate of drug-likeness (QED) is 0.475. The van der Waals surface area contributed by atoms with E-state index in [1.54, 1.807) is 13.8 Å². The van der Waals surface area contributed by atoms with Gasteiger partial charge in [0.05, 0.1) is 6.61 Å². The number of ketones is 1. The molecule has 70 valence electrons. The number of rotatable bonds is 4. The van der Waals surface area contributed by atoms with Crippen LogP contribution in [0.25, 0.3) is 0 Å². The predicted octanol–water partition coefficient (Wildman–Crippen LogP) is 1.41. The molecule has 0 unspecified atom stereocenters. The molecule has 0 atom stereocenters. The maximum atomic E-state index is 11.0. The summed E-state index contributed by atoms with van der Waals surface area (Å²) >= 11 is 0. The van der Waals surface area contributed by atoms with Gasteiger partial charge >= 0.3 is 5.97 Å². The highest BCUT2D eigenvalue weighted by molar-refractivity contribution is 6.34. The summed E-state index contributed by atoms with van der Waals surface area (Å²) in [7, 11) is 0. The first kappa shape index (κ1) is 11.1. The zero-order chi connectivity index (χ0) is 9.72. The van der Waals surface area contributed by atoms with Crippen molar-refractivity contribution < 1.29 is 14.3 Å². The third-order valence-corrected chi connectivity index (χ3v) is 1.27. The number of hydrogen-bond donors (Lipinski definition) is 0. The molecule has 0 aromatic rings. The maximum Gasteiger partial charge on any atom is 0.374 e. The standard InChI is InChI=1S/C9H16O3/c1-6(2)5-12-9(11)8(10)7(3)4/h6-7H,5H2,1-4H3. The molecule has 0 heterocycles. The lowest BCUT2D eigenvalue weighted by Gasteiger charge is -2.07. The third kappa shape index (κ3) is 4.11. The average molecular weight is 172 g/mol. The van der Waals surface area contributed by atoms with Crippen molar-refractivity contribution in [1.82, 2.24) is 0 Å². The minimum absolute atomic E-state index is 0.272. The Kier molecular flexibility index (Phi) is 4.55. The molecule has 0 aromatic carbocycles. The summed E-state index contributed by atoms with van der Waals surface area (Å²) in [6.45, 7) is 7.52. The van der Waals surface area contributed by atoms with E-state index >= 15 is 0 Å². The molecular weight excluding hydrogens is 156 g/mol. The minimum atomic E-state index is -0.710. The highest BCUT2D eigenvalue weighted by Gasteiger charge is 2.18. The van der Waals surface area contributed by atoms with Gasteiger partial charge in [-0.15, -0.1) is 0 Å².